The van der Waals surface area contributed by atoms with Gasteiger partial charge in [-0.1, -0.05) is 0 Å². The van der Waals surface area contributed by atoms with Crippen LogP contribution in [0.2, 0.25) is 0 Å². The first-order chi connectivity index (χ1) is 9.65. The summed E-state index contributed by atoms with van der Waals surface area (Å²) in [7, 11) is 0. The monoisotopic (exact) mass is 278 g/mol. The zero-order chi connectivity index (χ0) is 14.4. The van der Waals surface area contributed by atoms with Gasteiger partial charge in [-0.2, -0.15) is 0 Å². The van der Waals surface area contributed by atoms with Gasteiger partial charge in [-0.25, -0.2) is 4.98 Å². The molecule has 9 heteroatoms. The number of hydrogen-bond acceptors (Lipinski definition) is 5. The molecule has 2 aromatic rings. The van der Waals surface area contributed by atoms with Gasteiger partial charge in [0.2, 0.25) is 12.2 Å². The summed E-state index contributed by atoms with van der Waals surface area (Å²) >= 11 is 0. The Balaban J connectivity index is 1.67. The molecule has 9 nitrogen and oxygen atoms in total. The van der Waals surface area contributed by atoms with Crippen molar-refractivity contribution < 1.29 is 9.72 Å². The lowest BCUT2D eigenvalue weighted by molar-refractivity contribution is -0.389. The molecule has 0 aromatic carbocycles. The van der Waals surface area contributed by atoms with Crippen molar-refractivity contribution >= 4 is 11.7 Å². The van der Waals surface area contributed by atoms with Crippen molar-refractivity contribution in [2.24, 2.45) is 0 Å². The van der Waals surface area contributed by atoms with Crippen LogP contribution in [-0.4, -0.2) is 36.9 Å². The Morgan fingerprint density at radius 2 is 2.40 bits per heavy atom. The number of imidazole rings is 2. The second-order valence-corrected chi connectivity index (χ2v) is 4.15. The van der Waals surface area contributed by atoms with Crippen LogP contribution < -0.4 is 5.32 Å². The fraction of sp³-hybridized carbons (Fsp3) is 0.364. The van der Waals surface area contributed by atoms with E-state index in [1.54, 1.807) is 12.5 Å². The van der Waals surface area contributed by atoms with Crippen LogP contribution in [0.25, 0.3) is 0 Å². The highest BCUT2D eigenvalue weighted by molar-refractivity contribution is 5.75. The largest absolute Gasteiger partial charge is 0.381 e. The van der Waals surface area contributed by atoms with Gasteiger partial charge in [-0.15, -0.1) is 0 Å². The molecule has 0 bridgehead atoms. The lowest BCUT2D eigenvalue weighted by atomic mass is 10.3. The van der Waals surface area contributed by atoms with Gasteiger partial charge < -0.3 is 25.0 Å². The van der Waals surface area contributed by atoms with Crippen molar-refractivity contribution in [3.8, 4) is 0 Å². The van der Waals surface area contributed by atoms with E-state index in [2.05, 4.69) is 20.3 Å². The molecule has 0 saturated carbocycles. The van der Waals surface area contributed by atoms with Crippen LogP contribution in [0.1, 0.15) is 12.1 Å². The number of rotatable bonds is 7. The third-order valence-electron chi connectivity index (χ3n) is 2.68. The molecule has 0 saturated heterocycles. The molecular formula is C11H14N6O3. The Morgan fingerprint density at radius 1 is 1.55 bits per heavy atom. The summed E-state index contributed by atoms with van der Waals surface area (Å²) in [5, 5.41) is 13.2. The summed E-state index contributed by atoms with van der Waals surface area (Å²) in [5.74, 6) is -0.328. The van der Waals surface area contributed by atoms with Crippen molar-refractivity contribution in [2.75, 3.05) is 6.54 Å². The van der Waals surface area contributed by atoms with E-state index in [1.165, 1.54) is 17.1 Å². The summed E-state index contributed by atoms with van der Waals surface area (Å²) < 4.78 is 1.52. The fourth-order valence-electron chi connectivity index (χ4n) is 1.64. The number of carbonyl (C=O) groups excluding carboxylic acids is 1. The van der Waals surface area contributed by atoms with E-state index in [-0.39, 0.29) is 18.1 Å². The van der Waals surface area contributed by atoms with Gasteiger partial charge >= 0.3 is 5.82 Å². The summed E-state index contributed by atoms with van der Waals surface area (Å²) in [5.41, 5.74) is 0.954. The van der Waals surface area contributed by atoms with Gasteiger partial charge in [0.15, 0.2) is 0 Å². The molecular weight excluding hydrogens is 264 g/mol. The molecule has 0 unspecified atom stereocenters. The quantitative estimate of drug-likeness (QED) is 0.556. The molecule has 0 fully saturated rings. The molecule has 2 N–H and O–H groups in total. The third kappa shape index (κ3) is 3.90. The number of nitro groups is 1. The number of aryl methyl sites for hydroxylation is 1. The first-order valence-electron chi connectivity index (χ1n) is 6.05. The minimum absolute atomic E-state index is 0.110. The normalized spacial score (nSPS) is 10.4. The molecule has 0 radical (unpaired) electrons. The molecule has 20 heavy (non-hydrogen) atoms. The van der Waals surface area contributed by atoms with E-state index in [0.717, 1.165) is 5.69 Å². The number of nitrogens with zero attached hydrogens (tertiary/aromatic N) is 4. The van der Waals surface area contributed by atoms with E-state index in [4.69, 9.17) is 0 Å². The lowest BCUT2D eigenvalue weighted by Crippen LogP contribution is -2.26. The number of aromatic nitrogens is 4. The van der Waals surface area contributed by atoms with Crippen molar-refractivity contribution in [3.05, 3.63) is 40.9 Å². The number of hydrogen-bond donors (Lipinski definition) is 2. The number of carbonyl (C=O) groups is 1. The fourth-order valence-corrected chi connectivity index (χ4v) is 1.64. The maximum atomic E-state index is 11.6. The number of amides is 1. The maximum absolute atomic E-state index is 11.6. The standard InChI is InChI=1S/C11H14N6O3/c18-11(13-3-1-9-5-12-7-14-9)2-4-16-6-10(15-8-16)17(19)20/h5-8H,1-4H2,(H,12,14)(H,13,18). The predicted molar refractivity (Wildman–Crippen MR) is 68.8 cm³/mol. The molecule has 2 rings (SSSR count). The van der Waals surface area contributed by atoms with Gasteiger partial charge in [0.1, 0.15) is 6.20 Å². The highest BCUT2D eigenvalue weighted by Gasteiger charge is 2.10. The topological polar surface area (TPSA) is 119 Å². The smallest absolute Gasteiger partial charge is 0.358 e. The lowest BCUT2D eigenvalue weighted by Gasteiger charge is -2.04. The van der Waals surface area contributed by atoms with Gasteiger partial charge in [0.05, 0.1) is 6.33 Å². The average molecular weight is 278 g/mol. The molecule has 0 aliphatic heterocycles. The van der Waals surface area contributed by atoms with Crippen LogP contribution in [0.5, 0.6) is 0 Å². The van der Waals surface area contributed by atoms with Crippen LogP contribution >= 0.6 is 0 Å². The zero-order valence-corrected chi connectivity index (χ0v) is 10.7. The SMILES string of the molecule is O=C(CCn1cnc([N+](=O)[O-])c1)NCCc1cnc[nH]1. The number of H-pyrrole nitrogens is 1. The van der Waals surface area contributed by atoms with Crippen LogP contribution in [0.3, 0.4) is 0 Å². The second-order valence-electron chi connectivity index (χ2n) is 4.15. The maximum Gasteiger partial charge on any atom is 0.381 e. The highest BCUT2D eigenvalue weighted by Crippen LogP contribution is 2.05. The first kappa shape index (κ1) is 13.7. The van der Waals surface area contributed by atoms with E-state index in [0.29, 0.717) is 19.5 Å². The van der Waals surface area contributed by atoms with Gasteiger partial charge in [-0.3, -0.25) is 4.79 Å². The number of aromatic amines is 1. The third-order valence-corrected chi connectivity index (χ3v) is 2.68. The van der Waals surface area contributed by atoms with Crippen molar-refractivity contribution in [1.82, 2.24) is 24.8 Å². The van der Waals surface area contributed by atoms with E-state index in [9.17, 15) is 14.9 Å². The summed E-state index contributed by atoms with van der Waals surface area (Å²) in [6.45, 7) is 0.877. The van der Waals surface area contributed by atoms with Crippen molar-refractivity contribution in [3.63, 3.8) is 0 Å². The summed E-state index contributed by atoms with van der Waals surface area (Å²) in [6, 6.07) is 0. The van der Waals surface area contributed by atoms with E-state index >= 15 is 0 Å². The second kappa shape index (κ2) is 6.45. The van der Waals surface area contributed by atoms with Crippen molar-refractivity contribution in [2.45, 2.75) is 19.4 Å². The Bertz CT molecular complexity index is 577. The van der Waals surface area contributed by atoms with E-state index in [1.807, 2.05) is 0 Å². The van der Waals surface area contributed by atoms with Crippen LogP contribution in [0.15, 0.2) is 25.0 Å². The van der Waals surface area contributed by atoms with Gasteiger partial charge in [0.25, 0.3) is 0 Å². The van der Waals surface area contributed by atoms with Crippen LogP contribution in [0.4, 0.5) is 5.82 Å². The Kier molecular flexibility index (Phi) is 4.43. The summed E-state index contributed by atoms with van der Waals surface area (Å²) in [6.07, 6.45) is 6.87. The average Bonchev–Trinajstić information content (AvgIpc) is 3.07. The van der Waals surface area contributed by atoms with Crippen LogP contribution in [-0.2, 0) is 17.8 Å². The molecule has 0 aliphatic carbocycles. The zero-order valence-electron chi connectivity index (χ0n) is 10.7. The molecule has 106 valence electrons. The molecule has 0 aliphatic rings. The molecule has 0 spiro atoms. The number of nitrogens with one attached hydrogen (secondary N) is 2. The summed E-state index contributed by atoms with van der Waals surface area (Å²) in [4.78, 5) is 31.9. The molecule has 2 aromatic heterocycles. The minimum atomic E-state index is -0.568. The minimum Gasteiger partial charge on any atom is -0.358 e. The van der Waals surface area contributed by atoms with Crippen molar-refractivity contribution in [1.29, 1.82) is 0 Å². The predicted octanol–water partition coefficient (Wildman–Crippen LogP) is 0.263. The van der Waals surface area contributed by atoms with Crippen LogP contribution in [0, 0.1) is 10.1 Å². The Hall–Kier alpha value is -2.71. The first-order valence-corrected chi connectivity index (χ1v) is 6.05. The van der Waals surface area contributed by atoms with Gasteiger partial charge in [-0.05, 0) is 9.91 Å². The molecule has 1 amide bonds. The molecule has 0 atom stereocenters. The Labute approximate surface area is 114 Å². The Morgan fingerprint density at radius 3 is 3.05 bits per heavy atom. The van der Waals surface area contributed by atoms with Gasteiger partial charge in [0, 0.05) is 37.8 Å². The highest BCUT2D eigenvalue weighted by atomic mass is 16.6. The van der Waals surface area contributed by atoms with E-state index < -0.39 is 4.92 Å². The molecule has 2 heterocycles.